The lowest BCUT2D eigenvalue weighted by Crippen LogP contribution is -2.55. The van der Waals surface area contributed by atoms with Crippen molar-refractivity contribution in [3.8, 4) is 11.5 Å². The minimum Gasteiger partial charge on any atom is -0.493 e. The first-order valence-corrected chi connectivity index (χ1v) is 11.8. The number of carbonyl (C=O) groups is 1. The van der Waals surface area contributed by atoms with E-state index in [4.69, 9.17) is 14.6 Å². The highest BCUT2D eigenvalue weighted by molar-refractivity contribution is 9.10. The molecule has 0 saturated carbocycles. The third-order valence-electron chi connectivity index (χ3n) is 6.66. The van der Waals surface area contributed by atoms with Crippen molar-refractivity contribution in [3.63, 3.8) is 0 Å². The molecule has 0 aromatic heterocycles. The number of carbonyl (C=O) groups excluding carboxylic acids is 1. The molecule has 1 N–H and O–H groups in total. The Hall–Kier alpha value is -3.32. The Labute approximate surface area is 200 Å². The second kappa shape index (κ2) is 7.35. The molecule has 0 aliphatic carbocycles. The number of fused-ring (bicyclic) bond motifs is 6. The van der Waals surface area contributed by atoms with E-state index < -0.39 is 5.72 Å². The van der Waals surface area contributed by atoms with Gasteiger partial charge in [0, 0.05) is 16.5 Å². The normalized spacial score (nSPS) is 22.3. The summed E-state index contributed by atoms with van der Waals surface area (Å²) in [6.07, 6.45) is 1.51. The molecule has 3 heterocycles. The maximum atomic E-state index is 13.7. The van der Waals surface area contributed by atoms with Gasteiger partial charge in [0.1, 0.15) is 0 Å². The number of methoxy groups -OCH3 is 1. The Kier molecular flexibility index (Phi) is 4.52. The molecule has 2 atom stereocenters. The number of halogens is 1. The van der Waals surface area contributed by atoms with Gasteiger partial charge in [0.15, 0.2) is 11.5 Å². The number of para-hydroxylation sites is 1. The van der Waals surface area contributed by atoms with Crippen LogP contribution in [0, 0.1) is 0 Å². The van der Waals surface area contributed by atoms with Gasteiger partial charge in [-0.2, -0.15) is 5.10 Å². The maximum absolute atomic E-state index is 13.7. The van der Waals surface area contributed by atoms with Crippen LogP contribution in [0.4, 0.5) is 5.69 Å². The molecule has 3 aliphatic rings. The molecule has 0 fully saturated rings. The van der Waals surface area contributed by atoms with E-state index in [9.17, 15) is 4.79 Å². The van der Waals surface area contributed by atoms with Gasteiger partial charge in [-0.25, -0.2) is 5.01 Å². The summed E-state index contributed by atoms with van der Waals surface area (Å²) in [7, 11) is 1.62. The Morgan fingerprint density at radius 3 is 2.79 bits per heavy atom. The van der Waals surface area contributed by atoms with E-state index in [-0.39, 0.29) is 11.9 Å². The number of amides is 1. The van der Waals surface area contributed by atoms with Crippen LogP contribution >= 0.6 is 15.9 Å². The fraction of sp³-hybridized carbons (Fsp3) is 0.231. The van der Waals surface area contributed by atoms with Gasteiger partial charge in [0.05, 0.1) is 30.1 Å². The van der Waals surface area contributed by atoms with Gasteiger partial charge in [-0.15, -0.1) is 0 Å². The fourth-order valence-corrected chi connectivity index (χ4v) is 5.24. The highest BCUT2D eigenvalue weighted by atomic mass is 79.9. The Morgan fingerprint density at radius 2 is 2.03 bits per heavy atom. The fourth-order valence-electron chi connectivity index (χ4n) is 4.98. The molecule has 3 aliphatic heterocycles. The molecule has 3 aromatic carbocycles. The van der Waals surface area contributed by atoms with Crippen LogP contribution < -0.4 is 14.8 Å². The van der Waals surface area contributed by atoms with Crippen molar-refractivity contribution in [3.05, 3.63) is 87.4 Å². The Balaban J connectivity index is 1.59. The highest BCUT2D eigenvalue weighted by Crippen LogP contribution is 2.56. The monoisotopic (exact) mass is 503 g/mol. The van der Waals surface area contributed by atoms with Crippen LogP contribution in [0.5, 0.6) is 11.5 Å². The molecule has 3 aromatic rings. The number of hydrogen-bond donors (Lipinski definition) is 1. The zero-order chi connectivity index (χ0) is 22.7. The SMILES string of the molecule is CCc1ccc2c(c1)C1(Oc3c(OC)cccc3C3CC(c4ccc(Br)cc4)=NN31)C(=O)N2. The number of nitrogens with one attached hydrogen (secondary N) is 1. The number of hydrazone groups is 1. The molecule has 7 heteroatoms. The van der Waals surface area contributed by atoms with Crippen molar-refractivity contribution in [2.45, 2.75) is 31.5 Å². The van der Waals surface area contributed by atoms with Crippen molar-refractivity contribution in [1.82, 2.24) is 5.01 Å². The topological polar surface area (TPSA) is 63.2 Å². The quantitative estimate of drug-likeness (QED) is 0.521. The maximum Gasteiger partial charge on any atom is 0.306 e. The number of hydrogen-bond acceptors (Lipinski definition) is 5. The van der Waals surface area contributed by atoms with Crippen LogP contribution in [0.25, 0.3) is 0 Å². The van der Waals surface area contributed by atoms with Gasteiger partial charge in [0.25, 0.3) is 5.91 Å². The largest absolute Gasteiger partial charge is 0.493 e. The van der Waals surface area contributed by atoms with Gasteiger partial charge < -0.3 is 14.8 Å². The molecular weight excluding hydrogens is 482 g/mol. The lowest BCUT2D eigenvalue weighted by atomic mass is 9.91. The molecule has 6 nitrogen and oxygen atoms in total. The molecule has 1 spiro atoms. The van der Waals surface area contributed by atoms with Crippen LogP contribution in [0.2, 0.25) is 0 Å². The van der Waals surface area contributed by atoms with Gasteiger partial charge in [-0.3, -0.25) is 4.79 Å². The van der Waals surface area contributed by atoms with E-state index in [1.807, 2.05) is 59.6 Å². The number of aryl methyl sites for hydroxylation is 1. The van der Waals surface area contributed by atoms with E-state index in [0.717, 1.165) is 44.5 Å². The van der Waals surface area contributed by atoms with Crippen molar-refractivity contribution in [2.75, 3.05) is 12.4 Å². The number of rotatable bonds is 3. The lowest BCUT2D eigenvalue weighted by Gasteiger charge is -2.44. The standard InChI is InChI=1S/C26H22BrN3O3/c1-3-15-7-12-20-19(13-15)26(25(31)28-20)30-22(18-5-4-6-23(32-2)24(18)33-26)14-21(29-30)16-8-10-17(27)11-9-16/h4-13,22H,3,14H2,1-2H3,(H,28,31). The molecule has 166 valence electrons. The Bertz CT molecular complexity index is 1320. The highest BCUT2D eigenvalue weighted by Gasteiger charge is 2.61. The molecule has 0 saturated heterocycles. The van der Waals surface area contributed by atoms with Crippen LogP contribution in [0.1, 0.15) is 41.6 Å². The van der Waals surface area contributed by atoms with E-state index in [1.165, 1.54) is 0 Å². The first-order valence-electron chi connectivity index (χ1n) is 11.0. The summed E-state index contributed by atoms with van der Waals surface area (Å²) in [4.78, 5) is 13.7. The van der Waals surface area contributed by atoms with Crippen molar-refractivity contribution in [1.29, 1.82) is 0 Å². The van der Waals surface area contributed by atoms with Crippen LogP contribution in [0.15, 0.2) is 70.2 Å². The Morgan fingerprint density at radius 1 is 1.21 bits per heavy atom. The minimum atomic E-state index is -1.40. The van der Waals surface area contributed by atoms with E-state index >= 15 is 0 Å². The summed E-state index contributed by atoms with van der Waals surface area (Å²) < 4.78 is 13.3. The summed E-state index contributed by atoms with van der Waals surface area (Å²) in [5, 5.41) is 9.90. The zero-order valence-electron chi connectivity index (χ0n) is 18.3. The summed E-state index contributed by atoms with van der Waals surface area (Å²) in [6, 6.07) is 19.8. The molecule has 6 rings (SSSR count). The average Bonchev–Trinajstić information content (AvgIpc) is 3.40. The molecule has 0 bridgehead atoms. The molecule has 0 radical (unpaired) electrons. The van der Waals surface area contributed by atoms with Crippen LogP contribution in [-0.2, 0) is 16.9 Å². The van der Waals surface area contributed by atoms with E-state index in [1.54, 1.807) is 7.11 Å². The number of benzene rings is 3. The minimum absolute atomic E-state index is 0.163. The molecule has 2 unspecified atom stereocenters. The molecule has 1 amide bonds. The van der Waals surface area contributed by atoms with Gasteiger partial charge in [0.2, 0.25) is 0 Å². The van der Waals surface area contributed by atoms with Gasteiger partial charge in [-0.05, 0) is 47.9 Å². The number of anilines is 1. The third kappa shape index (κ3) is 2.85. The second-order valence-corrected chi connectivity index (χ2v) is 9.35. The predicted molar refractivity (Wildman–Crippen MR) is 130 cm³/mol. The van der Waals surface area contributed by atoms with Crippen molar-refractivity contribution < 1.29 is 14.3 Å². The van der Waals surface area contributed by atoms with Crippen molar-refractivity contribution >= 4 is 33.2 Å². The first-order chi connectivity index (χ1) is 16.0. The molecular formula is C26H22BrN3O3. The second-order valence-electron chi connectivity index (χ2n) is 8.43. The van der Waals surface area contributed by atoms with Gasteiger partial charge >= 0.3 is 5.72 Å². The lowest BCUT2D eigenvalue weighted by molar-refractivity contribution is -0.161. The summed E-state index contributed by atoms with van der Waals surface area (Å²) in [6.45, 7) is 2.10. The van der Waals surface area contributed by atoms with E-state index in [0.29, 0.717) is 17.9 Å². The zero-order valence-corrected chi connectivity index (χ0v) is 19.8. The van der Waals surface area contributed by atoms with Gasteiger partial charge in [-0.1, -0.05) is 53.2 Å². The molecule has 33 heavy (non-hydrogen) atoms. The van der Waals surface area contributed by atoms with E-state index in [2.05, 4.69) is 34.2 Å². The summed E-state index contributed by atoms with van der Waals surface area (Å²) >= 11 is 3.50. The first kappa shape index (κ1) is 20.3. The van der Waals surface area contributed by atoms with Crippen molar-refractivity contribution in [2.24, 2.45) is 5.10 Å². The average molecular weight is 504 g/mol. The predicted octanol–water partition coefficient (Wildman–Crippen LogP) is 5.37. The summed E-state index contributed by atoms with van der Waals surface area (Å²) in [5.41, 5.74) is 4.17. The smallest absolute Gasteiger partial charge is 0.306 e. The third-order valence-corrected chi connectivity index (χ3v) is 7.19. The number of ether oxygens (including phenoxy) is 2. The van der Waals surface area contributed by atoms with Crippen LogP contribution in [-0.4, -0.2) is 23.7 Å². The van der Waals surface area contributed by atoms with Crippen LogP contribution in [0.3, 0.4) is 0 Å². The summed E-state index contributed by atoms with van der Waals surface area (Å²) in [5.74, 6) is 0.961. The number of nitrogens with zero attached hydrogens (tertiary/aromatic N) is 2.